The fourth-order valence-electron chi connectivity index (χ4n) is 1.81. The molecule has 7 heteroatoms. The molecule has 0 saturated carbocycles. The lowest BCUT2D eigenvalue weighted by atomic mass is 10.1. The standard InChI is InChI=1S/C14H11Cl2N3O2/c1-7-8(13(17)20)3-2-4-11(7)19-14(21)9-5-12(16)18-6-10(9)15/h2-6H,1H3,(H2,17,20)(H,19,21). The molecule has 21 heavy (non-hydrogen) atoms. The van der Waals surface area contributed by atoms with E-state index in [1.54, 1.807) is 25.1 Å². The Kier molecular flexibility index (Phi) is 4.45. The van der Waals surface area contributed by atoms with E-state index in [1.807, 2.05) is 0 Å². The van der Waals surface area contributed by atoms with Crippen LogP contribution in [0, 0.1) is 6.92 Å². The van der Waals surface area contributed by atoms with Crippen molar-refractivity contribution >= 4 is 40.7 Å². The van der Waals surface area contributed by atoms with E-state index >= 15 is 0 Å². The Balaban J connectivity index is 2.34. The Morgan fingerprint density at radius 1 is 1.24 bits per heavy atom. The maximum atomic E-state index is 12.2. The fraction of sp³-hybridized carbons (Fsp3) is 0.0714. The number of aromatic nitrogens is 1. The van der Waals surface area contributed by atoms with Crippen LogP contribution in [-0.2, 0) is 0 Å². The first-order chi connectivity index (χ1) is 9.90. The third-order valence-corrected chi connectivity index (χ3v) is 3.42. The smallest absolute Gasteiger partial charge is 0.257 e. The van der Waals surface area contributed by atoms with Gasteiger partial charge in [-0.2, -0.15) is 0 Å². The van der Waals surface area contributed by atoms with Gasteiger partial charge in [-0.3, -0.25) is 9.59 Å². The number of benzene rings is 1. The molecule has 2 aromatic rings. The van der Waals surface area contributed by atoms with Crippen LogP contribution >= 0.6 is 23.2 Å². The minimum atomic E-state index is -0.561. The maximum absolute atomic E-state index is 12.2. The normalized spacial score (nSPS) is 10.2. The van der Waals surface area contributed by atoms with Crippen LogP contribution in [0.1, 0.15) is 26.3 Å². The molecule has 0 aliphatic carbocycles. The number of hydrogen-bond donors (Lipinski definition) is 2. The number of nitrogens with zero attached hydrogens (tertiary/aromatic N) is 1. The molecule has 0 spiro atoms. The van der Waals surface area contributed by atoms with Crippen molar-refractivity contribution in [3.63, 3.8) is 0 Å². The number of rotatable bonds is 3. The van der Waals surface area contributed by atoms with Gasteiger partial charge in [-0.05, 0) is 30.7 Å². The fourth-order valence-corrected chi connectivity index (χ4v) is 2.16. The zero-order chi connectivity index (χ0) is 15.6. The summed E-state index contributed by atoms with van der Waals surface area (Å²) in [6, 6.07) is 6.25. The van der Waals surface area contributed by atoms with Crippen LogP contribution in [0.3, 0.4) is 0 Å². The van der Waals surface area contributed by atoms with E-state index in [4.69, 9.17) is 28.9 Å². The van der Waals surface area contributed by atoms with Gasteiger partial charge in [0.15, 0.2) is 0 Å². The zero-order valence-electron chi connectivity index (χ0n) is 11.0. The number of carbonyl (C=O) groups excluding carboxylic acids is 2. The monoisotopic (exact) mass is 323 g/mol. The van der Waals surface area contributed by atoms with Gasteiger partial charge in [0.25, 0.3) is 5.91 Å². The Hall–Kier alpha value is -2.11. The number of hydrogen-bond acceptors (Lipinski definition) is 3. The van der Waals surface area contributed by atoms with E-state index in [0.29, 0.717) is 16.8 Å². The number of amides is 2. The molecule has 0 aliphatic heterocycles. The number of pyridine rings is 1. The van der Waals surface area contributed by atoms with Crippen LogP contribution in [0.4, 0.5) is 5.69 Å². The summed E-state index contributed by atoms with van der Waals surface area (Å²) < 4.78 is 0. The Labute approximate surface area is 131 Å². The molecule has 0 aliphatic rings. The predicted molar refractivity (Wildman–Crippen MR) is 81.9 cm³/mol. The van der Waals surface area contributed by atoms with Crippen LogP contribution < -0.4 is 11.1 Å². The van der Waals surface area contributed by atoms with Crippen LogP contribution in [0.5, 0.6) is 0 Å². The molecule has 1 aromatic heterocycles. The van der Waals surface area contributed by atoms with Crippen LogP contribution in [-0.4, -0.2) is 16.8 Å². The van der Waals surface area contributed by atoms with E-state index in [-0.39, 0.29) is 15.7 Å². The van der Waals surface area contributed by atoms with Crippen molar-refractivity contribution in [3.05, 3.63) is 57.3 Å². The zero-order valence-corrected chi connectivity index (χ0v) is 12.5. The first kappa shape index (κ1) is 15.3. The summed E-state index contributed by atoms with van der Waals surface area (Å²) in [5.74, 6) is -1.01. The van der Waals surface area contributed by atoms with Crippen molar-refractivity contribution in [2.24, 2.45) is 5.73 Å². The third kappa shape index (κ3) is 3.32. The second-order valence-corrected chi connectivity index (χ2v) is 5.08. The van der Waals surface area contributed by atoms with Gasteiger partial charge < -0.3 is 11.1 Å². The van der Waals surface area contributed by atoms with Crippen molar-refractivity contribution in [1.29, 1.82) is 0 Å². The highest BCUT2D eigenvalue weighted by Crippen LogP contribution is 2.22. The summed E-state index contributed by atoms with van der Waals surface area (Å²) >= 11 is 11.7. The van der Waals surface area contributed by atoms with Crippen LogP contribution in [0.2, 0.25) is 10.2 Å². The molecule has 0 fully saturated rings. The molecule has 0 radical (unpaired) electrons. The highest BCUT2D eigenvalue weighted by atomic mass is 35.5. The number of nitrogens with one attached hydrogen (secondary N) is 1. The second-order valence-electron chi connectivity index (χ2n) is 4.28. The minimum Gasteiger partial charge on any atom is -0.366 e. The van der Waals surface area contributed by atoms with Gasteiger partial charge in [-0.1, -0.05) is 29.3 Å². The predicted octanol–water partition coefficient (Wildman–Crippen LogP) is 3.05. The molecular formula is C14H11Cl2N3O2. The molecule has 5 nitrogen and oxygen atoms in total. The largest absolute Gasteiger partial charge is 0.366 e. The average Bonchev–Trinajstić information content (AvgIpc) is 2.43. The van der Waals surface area contributed by atoms with Gasteiger partial charge in [0.05, 0.1) is 10.6 Å². The second kappa shape index (κ2) is 6.11. The van der Waals surface area contributed by atoms with Gasteiger partial charge in [0.2, 0.25) is 5.91 Å². The molecule has 2 amide bonds. The summed E-state index contributed by atoms with van der Waals surface area (Å²) in [6.07, 6.45) is 1.30. The molecule has 0 bridgehead atoms. The van der Waals surface area contributed by atoms with Crippen LogP contribution in [0.25, 0.3) is 0 Å². The van der Waals surface area contributed by atoms with Crippen molar-refractivity contribution in [3.8, 4) is 0 Å². The SMILES string of the molecule is Cc1c(NC(=O)c2cc(Cl)ncc2Cl)cccc1C(N)=O. The van der Waals surface area contributed by atoms with Crippen molar-refractivity contribution in [1.82, 2.24) is 4.98 Å². The molecule has 0 saturated heterocycles. The number of halogens is 2. The molecule has 3 N–H and O–H groups in total. The van der Waals surface area contributed by atoms with Gasteiger partial charge >= 0.3 is 0 Å². The maximum Gasteiger partial charge on any atom is 0.257 e. The van der Waals surface area contributed by atoms with E-state index in [2.05, 4.69) is 10.3 Å². The molecule has 0 atom stereocenters. The Bertz CT molecular complexity index is 732. The Morgan fingerprint density at radius 3 is 2.62 bits per heavy atom. The molecule has 1 heterocycles. The van der Waals surface area contributed by atoms with E-state index < -0.39 is 11.8 Å². The minimum absolute atomic E-state index is 0.159. The molecular weight excluding hydrogens is 313 g/mol. The number of primary amides is 1. The van der Waals surface area contributed by atoms with Gasteiger partial charge in [-0.15, -0.1) is 0 Å². The summed E-state index contributed by atoms with van der Waals surface area (Å²) in [6.45, 7) is 1.69. The van der Waals surface area contributed by atoms with Gasteiger partial charge in [0.1, 0.15) is 5.15 Å². The van der Waals surface area contributed by atoms with E-state index in [0.717, 1.165) is 0 Å². The molecule has 2 rings (SSSR count). The summed E-state index contributed by atoms with van der Waals surface area (Å²) in [5, 5.41) is 3.01. The summed E-state index contributed by atoms with van der Waals surface area (Å²) in [5.41, 5.74) is 6.86. The highest BCUT2D eigenvalue weighted by Gasteiger charge is 2.15. The topological polar surface area (TPSA) is 85.1 Å². The molecule has 108 valence electrons. The van der Waals surface area contributed by atoms with Crippen molar-refractivity contribution in [2.45, 2.75) is 6.92 Å². The number of anilines is 1. The Morgan fingerprint density at radius 2 is 1.95 bits per heavy atom. The summed E-state index contributed by atoms with van der Waals surface area (Å²) in [4.78, 5) is 27.3. The molecule has 1 aromatic carbocycles. The van der Waals surface area contributed by atoms with Crippen molar-refractivity contribution < 1.29 is 9.59 Å². The highest BCUT2D eigenvalue weighted by molar-refractivity contribution is 6.35. The van der Waals surface area contributed by atoms with Crippen molar-refractivity contribution in [2.75, 3.05) is 5.32 Å². The quantitative estimate of drug-likeness (QED) is 0.851. The van der Waals surface area contributed by atoms with E-state index in [9.17, 15) is 9.59 Å². The number of carbonyl (C=O) groups is 2. The van der Waals surface area contributed by atoms with Gasteiger partial charge in [-0.25, -0.2) is 4.98 Å². The lowest BCUT2D eigenvalue weighted by molar-refractivity contribution is 0.0995. The van der Waals surface area contributed by atoms with Gasteiger partial charge in [0, 0.05) is 17.4 Å². The number of nitrogens with two attached hydrogens (primary N) is 1. The lowest BCUT2D eigenvalue weighted by Crippen LogP contribution is -2.17. The first-order valence-electron chi connectivity index (χ1n) is 5.92. The molecule has 0 unspecified atom stereocenters. The lowest BCUT2D eigenvalue weighted by Gasteiger charge is -2.11. The average molecular weight is 324 g/mol. The first-order valence-corrected chi connectivity index (χ1v) is 6.67. The van der Waals surface area contributed by atoms with E-state index in [1.165, 1.54) is 12.3 Å². The van der Waals surface area contributed by atoms with Crippen LogP contribution in [0.15, 0.2) is 30.5 Å². The third-order valence-electron chi connectivity index (χ3n) is 2.91. The summed E-state index contributed by atoms with van der Waals surface area (Å²) in [7, 11) is 0.